The van der Waals surface area contributed by atoms with Gasteiger partial charge in [0.2, 0.25) is 11.8 Å². The number of piperazine rings is 1. The fourth-order valence-electron chi connectivity index (χ4n) is 4.94. The fourth-order valence-corrected chi connectivity index (χ4v) is 4.94. The number of anilines is 1. The first kappa shape index (κ1) is 26.6. The average molecular weight is 514 g/mol. The summed E-state index contributed by atoms with van der Waals surface area (Å²) in [5.41, 5.74) is 0.821. The summed E-state index contributed by atoms with van der Waals surface area (Å²) >= 11 is 0. The Bertz CT molecular complexity index is 1090. The lowest BCUT2D eigenvalue weighted by molar-refractivity contribution is -0.136. The van der Waals surface area contributed by atoms with Gasteiger partial charge in [-0.3, -0.25) is 34.3 Å². The minimum Gasteiger partial charge on any atom is -0.444 e. The van der Waals surface area contributed by atoms with Crippen molar-refractivity contribution in [2.75, 3.05) is 44.2 Å². The van der Waals surface area contributed by atoms with E-state index in [0.29, 0.717) is 36.4 Å². The predicted molar refractivity (Wildman–Crippen MR) is 135 cm³/mol. The molecule has 1 unspecified atom stereocenters. The molecule has 2 N–H and O–H groups in total. The summed E-state index contributed by atoms with van der Waals surface area (Å²) in [6, 6.07) is 4.25. The molecule has 0 saturated carbocycles. The van der Waals surface area contributed by atoms with Gasteiger partial charge in [0.1, 0.15) is 11.6 Å². The molecule has 0 spiro atoms. The van der Waals surface area contributed by atoms with E-state index >= 15 is 0 Å². The van der Waals surface area contributed by atoms with Gasteiger partial charge in [0.05, 0.1) is 16.8 Å². The summed E-state index contributed by atoms with van der Waals surface area (Å²) < 4.78 is 5.24. The van der Waals surface area contributed by atoms with Crippen molar-refractivity contribution in [2.24, 2.45) is 0 Å². The quantitative estimate of drug-likeness (QED) is 0.415. The molecule has 2 fully saturated rings. The Labute approximate surface area is 216 Å². The lowest BCUT2D eigenvalue weighted by atomic mass is 10.0. The first-order valence-electron chi connectivity index (χ1n) is 12.8. The number of imide groups is 2. The summed E-state index contributed by atoms with van der Waals surface area (Å²) in [7, 11) is 0. The largest absolute Gasteiger partial charge is 0.444 e. The van der Waals surface area contributed by atoms with Crippen LogP contribution in [0.5, 0.6) is 0 Å². The topological polar surface area (TPSA) is 128 Å². The van der Waals surface area contributed by atoms with Crippen molar-refractivity contribution in [3.8, 4) is 0 Å². The van der Waals surface area contributed by atoms with Crippen LogP contribution in [-0.4, -0.2) is 90.4 Å². The van der Waals surface area contributed by atoms with Crippen LogP contribution >= 0.6 is 0 Å². The van der Waals surface area contributed by atoms with E-state index in [-0.39, 0.29) is 12.8 Å². The van der Waals surface area contributed by atoms with E-state index in [9.17, 15) is 24.0 Å². The number of benzene rings is 1. The van der Waals surface area contributed by atoms with Crippen LogP contribution in [0.3, 0.4) is 0 Å². The molecule has 200 valence electrons. The van der Waals surface area contributed by atoms with Gasteiger partial charge in [-0.05, 0) is 58.7 Å². The lowest BCUT2D eigenvalue weighted by Crippen LogP contribution is -2.54. The number of alkyl carbamates (subject to hydrolysis) is 1. The Balaban J connectivity index is 1.29. The number of unbranched alkanes of at least 4 members (excludes halogenated alkanes) is 1. The second kappa shape index (κ2) is 10.9. The van der Waals surface area contributed by atoms with E-state index in [1.165, 1.54) is 0 Å². The number of nitrogens with zero attached hydrogens (tertiary/aromatic N) is 3. The highest BCUT2D eigenvalue weighted by atomic mass is 16.6. The van der Waals surface area contributed by atoms with Crippen LogP contribution in [0.1, 0.15) is 67.2 Å². The standard InChI is InChI=1S/C26H35N5O6/c1-26(2,3)37-25(36)27-11-4-5-12-29-13-15-30(16-14-29)18-8-6-7-17-21(18)24(35)31(23(17)34)19-9-10-20(32)28-22(19)33/h6-8,19H,4-5,9-16H2,1-3H3,(H,27,36)(H,28,32,33). The molecule has 3 aliphatic heterocycles. The number of piperidine rings is 1. The molecule has 37 heavy (non-hydrogen) atoms. The second-order valence-electron chi connectivity index (χ2n) is 10.6. The van der Waals surface area contributed by atoms with Crippen LogP contribution < -0.4 is 15.5 Å². The monoisotopic (exact) mass is 513 g/mol. The second-order valence-corrected chi connectivity index (χ2v) is 10.6. The van der Waals surface area contributed by atoms with Crippen molar-refractivity contribution in [3.05, 3.63) is 29.3 Å². The minimum absolute atomic E-state index is 0.0930. The van der Waals surface area contributed by atoms with Gasteiger partial charge >= 0.3 is 6.09 Å². The number of ether oxygens (including phenoxy) is 1. The molecule has 11 heteroatoms. The summed E-state index contributed by atoms with van der Waals surface area (Å²) in [6.45, 7) is 9.97. The zero-order chi connectivity index (χ0) is 26.7. The number of nitrogens with one attached hydrogen (secondary N) is 2. The van der Waals surface area contributed by atoms with E-state index < -0.39 is 41.4 Å². The molecule has 3 heterocycles. The lowest BCUT2D eigenvalue weighted by Gasteiger charge is -2.36. The Hall–Kier alpha value is -3.47. The molecular weight excluding hydrogens is 478 g/mol. The maximum absolute atomic E-state index is 13.4. The molecule has 0 bridgehead atoms. The molecule has 3 aliphatic rings. The summed E-state index contributed by atoms with van der Waals surface area (Å²) in [5, 5.41) is 5.01. The number of rotatable bonds is 7. The fraction of sp³-hybridized carbons (Fsp3) is 0.577. The van der Waals surface area contributed by atoms with Crippen molar-refractivity contribution < 1.29 is 28.7 Å². The van der Waals surface area contributed by atoms with Gasteiger partial charge in [0.25, 0.3) is 11.8 Å². The third-order valence-corrected chi connectivity index (χ3v) is 6.73. The van der Waals surface area contributed by atoms with Crippen molar-refractivity contribution in [1.82, 2.24) is 20.4 Å². The van der Waals surface area contributed by atoms with Gasteiger partial charge in [0, 0.05) is 39.1 Å². The number of fused-ring (bicyclic) bond motifs is 1. The zero-order valence-corrected chi connectivity index (χ0v) is 21.7. The maximum Gasteiger partial charge on any atom is 0.407 e. The number of hydrogen-bond acceptors (Lipinski definition) is 8. The molecule has 1 aromatic rings. The van der Waals surface area contributed by atoms with Crippen LogP contribution in [0.15, 0.2) is 18.2 Å². The van der Waals surface area contributed by atoms with Crippen LogP contribution in [0.4, 0.5) is 10.5 Å². The normalized spacial score (nSPS) is 20.7. The van der Waals surface area contributed by atoms with Gasteiger partial charge < -0.3 is 15.0 Å². The highest BCUT2D eigenvalue weighted by Crippen LogP contribution is 2.34. The van der Waals surface area contributed by atoms with Gasteiger partial charge in [-0.2, -0.15) is 0 Å². The third kappa shape index (κ3) is 6.10. The van der Waals surface area contributed by atoms with E-state index in [0.717, 1.165) is 37.4 Å². The molecule has 1 atom stereocenters. The Kier molecular flexibility index (Phi) is 7.82. The van der Waals surface area contributed by atoms with Crippen LogP contribution in [0, 0.1) is 0 Å². The van der Waals surface area contributed by atoms with Gasteiger partial charge in [-0.1, -0.05) is 6.07 Å². The van der Waals surface area contributed by atoms with Crippen LogP contribution in [0.2, 0.25) is 0 Å². The molecule has 2 saturated heterocycles. The molecule has 0 radical (unpaired) electrons. The summed E-state index contributed by atoms with van der Waals surface area (Å²) in [4.78, 5) is 67.5. The highest BCUT2D eigenvalue weighted by Gasteiger charge is 2.46. The molecule has 1 aromatic carbocycles. The van der Waals surface area contributed by atoms with Crippen molar-refractivity contribution >= 4 is 35.4 Å². The zero-order valence-electron chi connectivity index (χ0n) is 21.7. The molecule has 0 aliphatic carbocycles. The Morgan fingerprint density at radius 2 is 1.78 bits per heavy atom. The van der Waals surface area contributed by atoms with E-state index in [1.807, 2.05) is 26.8 Å². The predicted octanol–water partition coefficient (Wildman–Crippen LogP) is 1.51. The first-order valence-corrected chi connectivity index (χ1v) is 12.8. The van der Waals surface area contributed by atoms with Gasteiger partial charge in [-0.15, -0.1) is 0 Å². The summed E-state index contributed by atoms with van der Waals surface area (Å²) in [5.74, 6) is -1.97. The van der Waals surface area contributed by atoms with Crippen LogP contribution in [0.25, 0.3) is 0 Å². The molecule has 11 nitrogen and oxygen atoms in total. The van der Waals surface area contributed by atoms with Gasteiger partial charge in [-0.25, -0.2) is 4.79 Å². The van der Waals surface area contributed by atoms with E-state index in [2.05, 4.69) is 20.4 Å². The minimum atomic E-state index is -0.973. The summed E-state index contributed by atoms with van der Waals surface area (Å²) in [6.07, 6.45) is 1.61. The molecule has 0 aromatic heterocycles. The number of hydrogen-bond donors (Lipinski definition) is 2. The number of carbonyl (C=O) groups is 5. The average Bonchev–Trinajstić information content (AvgIpc) is 3.08. The van der Waals surface area contributed by atoms with Crippen LogP contribution in [-0.2, 0) is 14.3 Å². The highest BCUT2D eigenvalue weighted by molar-refractivity contribution is 6.25. The third-order valence-electron chi connectivity index (χ3n) is 6.73. The van der Waals surface area contributed by atoms with Crippen molar-refractivity contribution in [2.45, 2.75) is 58.1 Å². The maximum atomic E-state index is 13.4. The van der Waals surface area contributed by atoms with Crippen molar-refractivity contribution in [3.63, 3.8) is 0 Å². The van der Waals surface area contributed by atoms with E-state index in [1.54, 1.807) is 12.1 Å². The van der Waals surface area contributed by atoms with Crippen molar-refractivity contribution in [1.29, 1.82) is 0 Å². The smallest absolute Gasteiger partial charge is 0.407 e. The number of carbonyl (C=O) groups excluding carboxylic acids is 5. The van der Waals surface area contributed by atoms with E-state index in [4.69, 9.17) is 4.74 Å². The Morgan fingerprint density at radius 3 is 2.46 bits per heavy atom. The molecule has 5 amide bonds. The Morgan fingerprint density at radius 1 is 1.05 bits per heavy atom. The van der Waals surface area contributed by atoms with Gasteiger partial charge in [0.15, 0.2) is 0 Å². The molecular formula is C26H35N5O6. The molecule has 4 rings (SSSR count). The SMILES string of the molecule is CC(C)(C)OC(=O)NCCCCN1CCN(c2cccc3c2C(=O)N(C2CCC(=O)NC2=O)C3=O)CC1. The number of amides is 5. The first-order chi connectivity index (χ1) is 17.5.